The zero-order valence-corrected chi connectivity index (χ0v) is 20.4. The van der Waals surface area contributed by atoms with E-state index in [0.29, 0.717) is 41.7 Å². The predicted octanol–water partition coefficient (Wildman–Crippen LogP) is 3.23. The molecule has 1 amide bonds. The van der Waals surface area contributed by atoms with Crippen LogP contribution < -0.4 is 5.32 Å². The average molecular weight is 487 g/mol. The van der Waals surface area contributed by atoms with E-state index >= 15 is 0 Å². The molecule has 0 bridgehead atoms. The fourth-order valence-corrected chi connectivity index (χ4v) is 6.52. The van der Waals surface area contributed by atoms with Gasteiger partial charge in [0.1, 0.15) is 5.82 Å². The Labute approximate surface area is 196 Å². The summed E-state index contributed by atoms with van der Waals surface area (Å²) in [5.41, 5.74) is 3.69. The Morgan fingerprint density at radius 3 is 2.30 bits per heavy atom. The monoisotopic (exact) mass is 486 g/mol. The molecule has 2 heterocycles. The fourth-order valence-electron chi connectivity index (χ4n) is 3.80. The van der Waals surface area contributed by atoms with Crippen LogP contribution in [0.15, 0.2) is 53.4 Å². The number of rotatable bonds is 7. The van der Waals surface area contributed by atoms with Crippen LogP contribution in [-0.4, -0.2) is 45.7 Å². The molecule has 8 nitrogen and oxygen atoms in total. The number of hydrogen-bond acceptors (Lipinski definition) is 5. The van der Waals surface area contributed by atoms with Crippen LogP contribution in [-0.2, 0) is 32.3 Å². The molecule has 33 heavy (non-hydrogen) atoms. The average Bonchev–Trinajstić information content (AvgIpc) is 3.31. The Balaban J connectivity index is 1.64. The first-order chi connectivity index (χ1) is 15.7. The minimum Gasteiger partial charge on any atom is -0.306 e. The fraction of sp³-hybridized carbons (Fsp3) is 0.304. The van der Waals surface area contributed by atoms with E-state index in [0.717, 1.165) is 16.8 Å². The summed E-state index contributed by atoms with van der Waals surface area (Å²) in [6, 6.07) is 13.6. The molecule has 0 fully saturated rings. The van der Waals surface area contributed by atoms with Crippen molar-refractivity contribution < 1.29 is 17.4 Å². The standard InChI is InChI=1S/C23H26N4O4S2/c1-4-26(5-2)33(30,31)19-12-8-17(9-13-19)23(28)24-22-20-14-32(29)15-21(20)25-27(22)18-10-6-16(3)7-11-18/h6-13H,4-5,14-15H2,1-3H3,(H,24,28)/t32-/m0/s1. The number of fused-ring (bicyclic) bond motifs is 1. The minimum atomic E-state index is -3.60. The Kier molecular flexibility index (Phi) is 6.51. The number of carbonyl (C=O) groups excluding carboxylic acids is 1. The largest absolute Gasteiger partial charge is 0.306 e. The molecule has 2 aromatic carbocycles. The highest BCUT2D eigenvalue weighted by atomic mass is 32.2. The minimum absolute atomic E-state index is 0.142. The number of nitrogens with zero attached hydrogens (tertiary/aromatic N) is 3. The quantitative estimate of drug-likeness (QED) is 0.553. The summed E-state index contributed by atoms with van der Waals surface area (Å²) in [7, 11) is -4.64. The second-order valence-corrected chi connectivity index (χ2v) is 11.2. The molecule has 0 aliphatic carbocycles. The number of nitrogens with one attached hydrogen (secondary N) is 1. The molecule has 1 aliphatic rings. The molecule has 10 heteroatoms. The van der Waals surface area contributed by atoms with E-state index in [1.807, 2.05) is 31.2 Å². The van der Waals surface area contributed by atoms with Crippen molar-refractivity contribution in [2.45, 2.75) is 37.2 Å². The number of anilines is 1. The lowest BCUT2D eigenvalue weighted by Crippen LogP contribution is -2.30. The summed E-state index contributed by atoms with van der Waals surface area (Å²) in [5.74, 6) is 0.785. The van der Waals surface area contributed by atoms with Gasteiger partial charge >= 0.3 is 0 Å². The van der Waals surface area contributed by atoms with E-state index in [1.165, 1.54) is 28.6 Å². The van der Waals surface area contributed by atoms with Gasteiger partial charge in [0.25, 0.3) is 5.91 Å². The number of aromatic nitrogens is 2. The number of amides is 1. The zero-order chi connectivity index (χ0) is 23.8. The van der Waals surface area contributed by atoms with E-state index in [2.05, 4.69) is 10.4 Å². The van der Waals surface area contributed by atoms with E-state index in [9.17, 15) is 17.4 Å². The summed E-state index contributed by atoms with van der Waals surface area (Å²) in [6.45, 7) is 6.30. The van der Waals surface area contributed by atoms with Crippen molar-refractivity contribution in [2.75, 3.05) is 18.4 Å². The molecular formula is C23H26N4O4S2. The van der Waals surface area contributed by atoms with Crippen molar-refractivity contribution in [1.82, 2.24) is 14.1 Å². The number of carbonyl (C=O) groups is 1. The van der Waals surface area contributed by atoms with Gasteiger partial charge in [-0.15, -0.1) is 0 Å². The Hall–Kier alpha value is -2.82. The van der Waals surface area contributed by atoms with Crippen LogP contribution in [0.1, 0.15) is 41.0 Å². The lowest BCUT2D eigenvalue weighted by atomic mass is 10.2. The maximum atomic E-state index is 13.1. The van der Waals surface area contributed by atoms with Crippen molar-refractivity contribution in [2.24, 2.45) is 0 Å². The van der Waals surface area contributed by atoms with Crippen LogP contribution >= 0.6 is 0 Å². The van der Waals surface area contributed by atoms with Gasteiger partial charge in [-0.05, 0) is 43.3 Å². The molecule has 0 radical (unpaired) electrons. The van der Waals surface area contributed by atoms with Crippen molar-refractivity contribution in [1.29, 1.82) is 0 Å². The molecule has 1 atom stereocenters. The molecule has 0 spiro atoms. The van der Waals surface area contributed by atoms with Gasteiger partial charge in [-0.3, -0.25) is 9.00 Å². The maximum absolute atomic E-state index is 13.1. The van der Waals surface area contributed by atoms with E-state index in [-0.39, 0.29) is 4.90 Å². The molecule has 0 saturated carbocycles. The number of sulfonamides is 1. The molecule has 4 rings (SSSR count). The first-order valence-electron chi connectivity index (χ1n) is 10.7. The van der Waals surface area contributed by atoms with Gasteiger partial charge in [0.05, 0.1) is 27.8 Å². The second-order valence-electron chi connectivity index (χ2n) is 7.82. The molecule has 0 unspecified atom stereocenters. The van der Waals surface area contributed by atoms with Crippen LogP contribution in [0.25, 0.3) is 5.69 Å². The molecule has 1 aliphatic heterocycles. The van der Waals surface area contributed by atoms with Gasteiger partial charge in [0.15, 0.2) is 0 Å². The van der Waals surface area contributed by atoms with Crippen molar-refractivity contribution in [3.8, 4) is 5.69 Å². The Morgan fingerprint density at radius 2 is 1.70 bits per heavy atom. The summed E-state index contributed by atoms with van der Waals surface area (Å²) in [5, 5.41) is 7.51. The van der Waals surface area contributed by atoms with Gasteiger partial charge < -0.3 is 5.32 Å². The first kappa shape index (κ1) is 23.3. The van der Waals surface area contributed by atoms with Gasteiger partial charge in [0.2, 0.25) is 10.0 Å². The van der Waals surface area contributed by atoms with Crippen molar-refractivity contribution in [3.63, 3.8) is 0 Å². The van der Waals surface area contributed by atoms with Gasteiger partial charge in [-0.25, -0.2) is 13.1 Å². The summed E-state index contributed by atoms with van der Waals surface area (Å²) in [6.07, 6.45) is 0. The summed E-state index contributed by atoms with van der Waals surface area (Å²) >= 11 is 0. The molecule has 0 saturated heterocycles. The highest BCUT2D eigenvalue weighted by molar-refractivity contribution is 7.89. The highest BCUT2D eigenvalue weighted by Crippen LogP contribution is 2.31. The molecule has 1 aromatic heterocycles. The van der Waals surface area contributed by atoms with Crippen LogP contribution in [0, 0.1) is 6.92 Å². The normalized spacial score (nSPS) is 15.6. The maximum Gasteiger partial charge on any atom is 0.256 e. The number of aryl methyl sites for hydroxylation is 1. The van der Waals surface area contributed by atoms with Crippen LogP contribution in [0.2, 0.25) is 0 Å². The third kappa shape index (κ3) is 4.50. The van der Waals surface area contributed by atoms with Gasteiger partial charge in [0, 0.05) is 35.0 Å². The molecule has 1 N–H and O–H groups in total. The Morgan fingerprint density at radius 1 is 1.06 bits per heavy atom. The molecular weight excluding hydrogens is 460 g/mol. The summed E-state index contributed by atoms with van der Waals surface area (Å²) < 4.78 is 40.5. The zero-order valence-electron chi connectivity index (χ0n) is 18.7. The van der Waals surface area contributed by atoms with Crippen LogP contribution in [0.5, 0.6) is 0 Å². The Bertz CT molecular complexity index is 1310. The smallest absolute Gasteiger partial charge is 0.256 e. The third-order valence-electron chi connectivity index (χ3n) is 5.64. The highest BCUT2D eigenvalue weighted by Gasteiger charge is 2.29. The van der Waals surface area contributed by atoms with Crippen LogP contribution in [0.3, 0.4) is 0 Å². The lowest BCUT2D eigenvalue weighted by molar-refractivity contribution is 0.102. The van der Waals surface area contributed by atoms with Crippen molar-refractivity contribution >= 4 is 32.5 Å². The lowest BCUT2D eigenvalue weighted by Gasteiger charge is -2.18. The molecule has 3 aromatic rings. The van der Waals surface area contributed by atoms with E-state index in [4.69, 9.17) is 0 Å². The number of hydrogen-bond donors (Lipinski definition) is 1. The van der Waals surface area contributed by atoms with E-state index in [1.54, 1.807) is 18.5 Å². The number of benzene rings is 2. The SMILES string of the molecule is CCN(CC)S(=O)(=O)c1ccc(C(=O)Nc2c3c(nn2-c2ccc(C)cc2)C[S@@](=O)C3)cc1. The van der Waals surface area contributed by atoms with Gasteiger partial charge in [-0.1, -0.05) is 31.5 Å². The predicted molar refractivity (Wildman–Crippen MR) is 128 cm³/mol. The first-order valence-corrected chi connectivity index (χ1v) is 13.6. The summed E-state index contributed by atoms with van der Waals surface area (Å²) in [4.78, 5) is 13.2. The van der Waals surface area contributed by atoms with E-state index < -0.39 is 26.7 Å². The van der Waals surface area contributed by atoms with Crippen molar-refractivity contribution in [3.05, 3.63) is 70.9 Å². The van der Waals surface area contributed by atoms with Crippen LogP contribution in [0.4, 0.5) is 5.82 Å². The second kappa shape index (κ2) is 9.20. The molecule has 174 valence electrons. The topological polar surface area (TPSA) is 101 Å². The third-order valence-corrected chi connectivity index (χ3v) is 8.91. The van der Waals surface area contributed by atoms with Gasteiger partial charge in [-0.2, -0.15) is 9.40 Å².